The molecule has 0 radical (unpaired) electrons. The molecular formula is C23H24N4O4. The molecule has 8 heteroatoms. The molecule has 1 N–H and O–H groups in total. The molecule has 31 heavy (non-hydrogen) atoms. The molecule has 8 nitrogen and oxygen atoms in total. The molecule has 0 bridgehead atoms. The molecular weight excluding hydrogens is 396 g/mol. The number of nitrogens with one attached hydrogen (secondary N) is 1. The Labute approximate surface area is 179 Å². The second-order valence-corrected chi connectivity index (χ2v) is 7.34. The Bertz CT molecular complexity index is 1120. The van der Waals surface area contributed by atoms with Crippen LogP contribution in [0.4, 0.5) is 0 Å². The van der Waals surface area contributed by atoms with E-state index in [-0.39, 0.29) is 30.5 Å². The minimum absolute atomic E-state index is 0.129. The monoisotopic (exact) mass is 420 g/mol. The van der Waals surface area contributed by atoms with Gasteiger partial charge in [-0.15, -0.1) is 0 Å². The summed E-state index contributed by atoms with van der Waals surface area (Å²) < 4.78 is 6.83. The van der Waals surface area contributed by atoms with Gasteiger partial charge >= 0.3 is 5.97 Å². The van der Waals surface area contributed by atoms with Crippen LogP contribution in [0, 0.1) is 0 Å². The number of ether oxygens (including phenoxy) is 1. The molecule has 0 saturated carbocycles. The van der Waals surface area contributed by atoms with Gasteiger partial charge in [-0.3, -0.25) is 14.6 Å². The second kappa shape index (κ2) is 8.99. The smallest absolute Gasteiger partial charge is 0.340 e. The summed E-state index contributed by atoms with van der Waals surface area (Å²) in [4.78, 5) is 44.2. The van der Waals surface area contributed by atoms with Crippen molar-refractivity contribution < 1.29 is 19.1 Å². The highest BCUT2D eigenvalue weighted by atomic mass is 16.5. The number of nitrogens with zero attached hydrogens (tertiary/aromatic N) is 3. The lowest BCUT2D eigenvalue weighted by molar-refractivity contribution is 0.0528. The number of hydrogen-bond donors (Lipinski definition) is 1. The number of esters is 1. The molecule has 0 spiro atoms. The fraction of sp³-hybridized carbons (Fsp3) is 0.304. The fourth-order valence-electron chi connectivity index (χ4n) is 3.73. The minimum Gasteiger partial charge on any atom is -0.462 e. The Hall–Kier alpha value is -3.68. The Morgan fingerprint density at radius 2 is 1.94 bits per heavy atom. The maximum absolute atomic E-state index is 13.0. The van der Waals surface area contributed by atoms with Crippen molar-refractivity contribution in [1.29, 1.82) is 0 Å². The number of hydrogen-bond acceptors (Lipinski definition) is 5. The summed E-state index contributed by atoms with van der Waals surface area (Å²) >= 11 is 0. The Kier molecular flexibility index (Phi) is 5.97. The molecule has 160 valence electrons. The third-order valence-corrected chi connectivity index (χ3v) is 5.30. The number of carbonyl (C=O) groups is 3. The summed E-state index contributed by atoms with van der Waals surface area (Å²) in [6.45, 7) is 3.64. The average molecular weight is 420 g/mol. The van der Waals surface area contributed by atoms with Crippen molar-refractivity contribution in [3.05, 3.63) is 71.3 Å². The highest BCUT2D eigenvalue weighted by Gasteiger charge is 2.26. The van der Waals surface area contributed by atoms with Crippen LogP contribution in [0.25, 0.3) is 5.52 Å². The normalized spacial score (nSPS) is 13.4. The standard InChI is InChI=1S/C23H24N4O4/c1-2-31-23(30)18-14-20(22(29)26-10-5-6-11-26)27-12-8-16(13-19(18)27)21(28)25-15-17-7-3-4-9-24-17/h3-4,7-9,12-14H,2,5-6,10-11,15H2,1H3,(H,25,28). The van der Waals surface area contributed by atoms with Gasteiger partial charge in [0.25, 0.3) is 11.8 Å². The van der Waals surface area contributed by atoms with Gasteiger partial charge in [-0.25, -0.2) is 4.79 Å². The van der Waals surface area contributed by atoms with Crippen LogP contribution < -0.4 is 5.32 Å². The predicted molar refractivity (Wildman–Crippen MR) is 114 cm³/mol. The van der Waals surface area contributed by atoms with Gasteiger partial charge in [0, 0.05) is 31.0 Å². The van der Waals surface area contributed by atoms with E-state index in [1.165, 1.54) is 0 Å². The topological polar surface area (TPSA) is 93.0 Å². The number of rotatable bonds is 6. The first kappa shape index (κ1) is 20.6. The quantitative estimate of drug-likeness (QED) is 0.619. The number of aromatic nitrogens is 2. The van der Waals surface area contributed by atoms with Crippen LogP contribution in [-0.4, -0.2) is 51.8 Å². The zero-order valence-electron chi connectivity index (χ0n) is 17.3. The second-order valence-electron chi connectivity index (χ2n) is 7.34. The lowest BCUT2D eigenvalue weighted by Crippen LogP contribution is -2.28. The molecule has 0 aliphatic carbocycles. The van der Waals surface area contributed by atoms with E-state index >= 15 is 0 Å². The molecule has 0 unspecified atom stereocenters. The van der Waals surface area contributed by atoms with E-state index in [1.54, 1.807) is 46.8 Å². The molecule has 2 amide bonds. The first-order valence-electron chi connectivity index (χ1n) is 10.4. The van der Waals surface area contributed by atoms with Crippen LogP contribution in [0.5, 0.6) is 0 Å². The summed E-state index contributed by atoms with van der Waals surface area (Å²) in [6, 6.07) is 10.3. The van der Waals surface area contributed by atoms with E-state index in [0.717, 1.165) is 18.5 Å². The third-order valence-electron chi connectivity index (χ3n) is 5.30. The molecule has 1 aliphatic heterocycles. The van der Waals surface area contributed by atoms with Gasteiger partial charge in [0.1, 0.15) is 5.69 Å². The van der Waals surface area contributed by atoms with Gasteiger partial charge in [-0.1, -0.05) is 6.07 Å². The molecule has 3 aromatic rings. The molecule has 1 saturated heterocycles. The van der Waals surface area contributed by atoms with Crippen molar-refractivity contribution in [2.45, 2.75) is 26.3 Å². The molecule has 4 rings (SSSR count). The first-order chi connectivity index (χ1) is 15.1. The first-order valence-corrected chi connectivity index (χ1v) is 10.4. The maximum atomic E-state index is 13.0. The number of carbonyl (C=O) groups excluding carboxylic acids is 3. The summed E-state index contributed by atoms with van der Waals surface area (Å²) in [5.41, 5.74) is 2.24. The van der Waals surface area contributed by atoms with Crippen LogP contribution in [0.2, 0.25) is 0 Å². The number of likely N-dealkylation sites (tertiary alicyclic amines) is 1. The summed E-state index contributed by atoms with van der Waals surface area (Å²) in [5.74, 6) is -0.946. The van der Waals surface area contributed by atoms with Crippen molar-refractivity contribution in [1.82, 2.24) is 19.6 Å². The van der Waals surface area contributed by atoms with Gasteiger partial charge in [-0.05, 0) is 50.1 Å². The highest BCUT2D eigenvalue weighted by Crippen LogP contribution is 2.23. The number of fused-ring (bicyclic) bond motifs is 1. The van der Waals surface area contributed by atoms with E-state index in [9.17, 15) is 14.4 Å². The van der Waals surface area contributed by atoms with Crippen LogP contribution >= 0.6 is 0 Å². The third kappa shape index (κ3) is 4.28. The zero-order valence-corrected chi connectivity index (χ0v) is 17.3. The van der Waals surface area contributed by atoms with Crippen molar-refractivity contribution >= 4 is 23.3 Å². The number of pyridine rings is 2. The van der Waals surface area contributed by atoms with Gasteiger partial charge in [0.05, 0.1) is 29.9 Å². The van der Waals surface area contributed by atoms with Crippen LogP contribution in [0.1, 0.15) is 56.7 Å². The van der Waals surface area contributed by atoms with Gasteiger partial charge in [-0.2, -0.15) is 0 Å². The summed E-state index contributed by atoms with van der Waals surface area (Å²) in [7, 11) is 0. The Morgan fingerprint density at radius 3 is 2.65 bits per heavy atom. The van der Waals surface area contributed by atoms with Crippen molar-refractivity contribution in [3.63, 3.8) is 0 Å². The number of amides is 2. The van der Waals surface area contributed by atoms with Crippen molar-refractivity contribution in [3.8, 4) is 0 Å². The van der Waals surface area contributed by atoms with Crippen LogP contribution in [0.15, 0.2) is 48.8 Å². The van der Waals surface area contributed by atoms with Gasteiger partial charge in [0.2, 0.25) is 0 Å². The van der Waals surface area contributed by atoms with E-state index < -0.39 is 5.97 Å². The van der Waals surface area contributed by atoms with E-state index in [0.29, 0.717) is 29.9 Å². The molecule has 3 aromatic heterocycles. The van der Waals surface area contributed by atoms with Crippen LogP contribution in [0.3, 0.4) is 0 Å². The molecule has 0 aromatic carbocycles. The van der Waals surface area contributed by atoms with Crippen molar-refractivity contribution in [2.75, 3.05) is 19.7 Å². The van der Waals surface area contributed by atoms with E-state index in [4.69, 9.17) is 4.74 Å². The van der Waals surface area contributed by atoms with Crippen LogP contribution in [-0.2, 0) is 11.3 Å². The fourth-order valence-corrected chi connectivity index (χ4v) is 3.73. The predicted octanol–water partition coefficient (Wildman–Crippen LogP) is 2.68. The largest absolute Gasteiger partial charge is 0.462 e. The lowest BCUT2D eigenvalue weighted by atomic mass is 10.2. The lowest BCUT2D eigenvalue weighted by Gasteiger charge is -2.15. The summed E-state index contributed by atoms with van der Waals surface area (Å²) in [6.07, 6.45) is 5.26. The molecule has 0 atom stereocenters. The summed E-state index contributed by atoms with van der Waals surface area (Å²) in [5, 5.41) is 2.83. The van der Waals surface area contributed by atoms with E-state index in [2.05, 4.69) is 10.3 Å². The Balaban J connectivity index is 1.66. The average Bonchev–Trinajstić information content (AvgIpc) is 3.46. The Morgan fingerprint density at radius 1 is 1.13 bits per heavy atom. The SMILES string of the molecule is CCOC(=O)c1cc(C(=O)N2CCCC2)n2ccc(C(=O)NCc3ccccn3)cc12. The molecule has 1 aliphatic rings. The maximum Gasteiger partial charge on any atom is 0.340 e. The van der Waals surface area contributed by atoms with Crippen molar-refractivity contribution in [2.24, 2.45) is 0 Å². The highest BCUT2D eigenvalue weighted by molar-refractivity contribution is 6.05. The van der Waals surface area contributed by atoms with Gasteiger partial charge in [0.15, 0.2) is 0 Å². The molecule has 4 heterocycles. The minimum atomic E-state index is -0.522. The van der Waals surface area contributed by atoms with Gasteiger partial charge < -0.3 is 19.4 Å². The van der Waals surface area contributed by atoms with E-state index in [1.807, 2.05) is 18.2 Å². The zero-order chi connectivity index (χ0) is 21.8. The molecule has 1 fully saturated rings.